The van der Waals surface area contributed by atoms with Gasteiger partial charge in [-0.15, -0.1) is 0 Å². The predicted molar refractivity (Wildman–Crippen MR) is 123 cm³/mol. The number of fused-ring (bicyclic) bond motifs is 1. The summed E-state index contributed by atoms with van der Waals surface area (Å²) in [6.07, 6.45) is 2.41. The molecule has 7 heteroatoms. The van der Waals surface area contributed by atoms with Gasteiger partial charge in [-0.1, -0.05) is 48.5 Å². The van der Waals surface area contributed by atoms with Crippen LogP contribution in [0.4, 0.5) is 0 Å². The molecule has 1 fully saturated rings. The van der Waals surface area contributed by atoms with Crippen molar-refractivity contribution in [2.75, 3.05) is 20.2 Å². The van der Waals surface area contributed by atoms with E-state index in [1.54, 1.807) is 0 Å². The Morgan fingerprint density at radius 2 is 1.84 bits per heavy atom. The minimum absolute atomic E-state index is 0.133. The lowest BCUT2D eigenvalue weighted by Gasteiger charge is -2.37. The minimum Gasteiger partial charge on any atom is -0.466 e. The normalized spacial score (nSPS) is 21.6. The number of piperidine rings is 1. The fourth-order valence-corrected chi connectivity index (χ4v) is 5.29. The Bertz CT molecular complexity index is 972. The number of ether oxygens (including phenoxy) is 1. The number of nitrogens with zero attached hydrogens (tertiary/aromatic N) is 3. The number of carbonyl (C=O) groups is 2. The van der Waals surface area contributed by atoms with E-state index in [0.29, 0.717) is 23.6 Å². The molecular formula is C24H29N3O3S. The molecule has 31 heavy (non-hydrogen) atoms. The van der Waals surface area contributed by atoms with E-state index in [-0.39, 0.29) is 11.9 Å². The second kappa shape index (κ2) is 8.91. The van der Waals surface area contributed by atoms with E-state index in [1.807, 2.05) is 53.3 Å². The molecule has 6 nitrogen and oxygen atoms in total. The summed E-state index contributed by atoms with van der Waals surface area (Å²) in [7, 11) is 1.39. The molecule has 3 aliphatic rings. The number of esters is 1. The van der Waals surface area contributed by atoms with Crippen LogP contribution in [0.15, 0.2) is 51.6 Å². The molecule has 0 spiro atoms. The molecule has 1 aromatic rings. The molecular weight excluding hydrogens is 410 g/mol. The Morgan fingerprint density at radius 3 is 2.48 bits per heavy atom. The Kier molecular flexibility index (Phi) is 6.23. The first kappa shape index (κ1) is 21.7. The molecule has 3 aliphatic heterocycles. The van der Waals surface area contributed by atoms with Gasteiger partial charge in [0.1, 0.15) is 0 Å². The van der Waals surface area contributed by atoms with Crippen molar-refractivity contribution in [3.8, 4) is 0 Å². The average molecular weight is 440 g/mol. The summed E-state index contributed by atoms with van der Waals surface area (Å²) in [5, 5.41) is 2.80. The number of carbonyl (C=O) groups excluding carboxylic acids is 2. The molecule has 1 unspecified atom stereocenters. The number of hydrogen-bond acceptors (Lipinski definition) is 6. The summed E-state index contributed by atoms with van der Waals surface area (Å²) in [6.45, 7) is 7.75. The monoisotopic (exact) mass is 439 g/mol. The van der Waals surface area contributed by atoms with Crippen molar-refractivity contribution in [3.63, 3.8) is 0 Å². The zero-order valence-electron chi connectivity index (χ0n) is 18.6. The van der Waals surface area contributed by atoms with Crippen LogP contribution in [0, 0.1) is 12.8 Å². The molecule has 0 radical (unpaired) electrons. The van der Waals surface area contributed by atoms with E-state index in [2.05, 4.69) is 11.9 Å². The van der Waals surface area contributed by atoms with Crippen LogP contribution in [-0.4, -0.2) is 47.0 Å². The smallest absolute Gasteiger partial charge is 0.338 e. The topological polar surface area (TPSA) is 62.2 Å². The van der Waals surface area contributed by atoms with Gasteiger partial charge >= 0.3 is 5.97 Å². The Hall–Kier alpha value is -2.54. The number of thioether (sulfide) groups is 1. The Morgan fingerprint density at radius 1 is 1.16 bits per heavy atom. The summed E-state index contributed by atoms with van der Waals surface area (Å²) in [5.41, 5.74) is 4.18. The van der Waals surface area contributed by atoms with Crippen LogP contribution < -0.4 is 0 Å². The summed E-state index contributed by atoms with van der Waals surface area (Å²) >= 11 is 1.51. The van der Waals surface area contributed by atoms with Crippen LogP contribution >= 0.6 is 11.8 Å². The molecule has 0 aliphatic carbocycles. The highest BCUT2D eigenvalue weighted by atomic mass is 32.2. The number of aliphatic imine (C=N–C) groups is 1. The number of amidine groups is 1. The summed E-state index contributed by atoms with van der Waals surface area (Å²) in [5.74, 6) is 0.416. The number of likely N-dealkylation sites (tertiary alicyclic amines) is 1. The fraction of sp³-hybridized carbons (Fsp3) is 0.458. The van der Waals surface area contributed by atoms with Crippen LogP contribution in [0.2, 0.25) is 0 Å². The largest absolute Gasteiger partial charge is 0.466 e. The van der Waals surface area contributed by atoms with Gasteiger partial charge in [0.25, 0.3) is 0 Å². The third kappa shape index (κ3) is 4.28. The van der Waals surface area contributed by atoms with Crippen molar-refractivity contribution >= 4 is 28.8 Å². The van der Waals surface area contributed by atoms with Gasteiger partial charge in [0.05, 0.1) is 30.8 Å². The zero-order chi connectivity index (χ0) is 22.1. The highest BCUT2D eigenvalue weighted by Crippen LogP contribution is 2.45. The lowest BCUT2D eigenvalue weighted by Crippen LogP contribution is -2.41. The van der Waals surface area contributed by atoms with Gasteiger partial charge in [-0.25, -0.2) is 9.79 Å². The third-order valence-corrected chi connectivity index (χ3v) is 7.16. The van der Waals surface area contributed by atoms with Gasteiger partial charge in [0.15, 0.2) is 5.17 Å². The van der Waals surface area contributed by atoms with Crippen LogP contribution in [0.25, 0.3) is 0 Å². The maximum Gasteiger partial charge on any atom is 0.338 e. The molecule has 0 aromatic heterocycles. The fourth-order valence-electron chi connectivity index (χ4n) is 4.33. The maximum absolute atomic E-state index is 13.1. The van der Waals surface area contributed by atoms with E-state index in [1.165, 1.54) is 18.9 Å². The van der Waals surface area contributed by atoms with Crippen molar-refractivity contribution in [2.45, 2.75) is 46.1 Å². The van der Waals surface area contributed by atoms with Gasteiger partial charge < -0.3 is 14.5 Å². The predicted octanol–water partition coefficient (Wildman–Crippen LogP) is 4.39. The standard InChI is InChI=1S/C24H29N3O3S/c1-15-5-7-18(8-6-15)22-21(23(29)30-4)17(3)25-24-27(22)19(14-31-24)13-20(28)26-11-9-16(2)10-12-26/h5-8,14,16,22H,9-13H2,1-4H3. The quantitative estimate of drug-likeness (QED) is 0.651. The van der Waals surface area contributed by atoms with Crippen molar-refractivity contribution < 1.29 is 14.3 Å². The van der Waals surface area contributed by atoms with Crippen LogP contribution in [-0.2, 0) is 14.3 Å². The van der Waals surface area contributed by atoms with E-state index in [4.69, 9.17) is 4.74 Å². The molecule has 4 rings (SSSR count). The molecule has 3 heterocycles. The van der Waals surface area contributed by atoms with Gasteiger partial charge in [0, 0.05) is 18.8 Å². The van der Waals surface area contributed by atoms with Crippen LogP contribution in [0.5, 0.6) is 0 Å². The molecule has 0 N–H and O–H groups in total. The number of amides is 1. The number of rotatable bonds is 4. The molecule has 0 saturated carbocycles. The molecule has 0 bridgehead atoms. The lowest BCUT2D eigenvalue weighted by molar-refractivity contribution is -0.136. The van der Waals surface area contributed by atoms with Crippen molar-refractivity contribution in [3.05, 3.63) is 57.8 Å². The van der Waals surface area contributed by atoms with Gasteiger partial charge in [-0.05, 0) is 43.6 Å². The molecule has 1 amide bonds. The maximum atomic E-state index is 13.1. The van der Waals surface area contributed by atoms with Gasteiger partial charge in [-0.2, -0.15) is 0 Å². The number of methoxy groups -OCH3 is 1. The second-order valence-electron chi connectivity index (χ2n) is 8.54. The first-order chi connectivity index (χ1) is 14.9. The lowest BCUT2D eigenvalue weighted by atomic mass is 9.93. The van der Waals surface area contributed by atoms with Crippen LogP contribution in [0.1, 0.15) is 50.3 Å². The van der Waals surface area contributed by atoms with E-state index in [9.17, 15) is 9.59 Å². The van der Waals surface area contributed by atoms with E-state index < -0.39 is 5.97 Å². The molecule has 1 aromatic carbocycles. The minimum atomic E-state index is -0.390. The molecule has 164 valence electrons. The highest BCUT2D eigenvalue weighted by Gasteiger charge is 2.41. The van der Waals surface area contributed by atoms with Gasteiger partial charge in [0.2, 0.25) is 5.91 Å². The number of allylic oxidation sites excluding steroid dienone is 1. The first-order valence-corrected chi connectivity index (χ1v) is 11.6. The third-order valence-electron chi connectivity index (χ3n) is 6.27. The Balaban J connectivity index is 1.65. The number of benzene rings is 1. The first-order valence-electron chi connectivity index (χ1n) is 10.8. The summed E-state index contributed by atoms with van der Waals surface area (Å²) in [6, 6.07) is 7.78. The summed E-state index contributed by atoms with van der Waals surface area (Å²) < 4.78 is 5.11. The number of hydrogen-bond donors (Lipinski definition) is 0. The summed E-state index contributed by atoms with van der Waals surface area (Å²) in [4.78, 5) is 34.5. The number of aryl methyl sites for hydroxylation is 1. The Labute approximate surface area is 188 Å². The van der Waals surface area contributed by atoms with Crippen molar-refractivity contribution in [2.24, 2.45) is 10.9 Å². The average Bonchev–Trinajstić information content (AvgIpc) is 3.15. The SMILES string of the molecule is COC(=O)C1=C(C)N=C2SC=C(CC(=O)N3CCC(C)CC3)N2C1c1ccc(C)cc1. The van der Waals surface area contributed by atoms with Crippen molar-refractivity contribution in [1.82, 2.24) is 9.80 Å². The highest BCUT2D eigenvalue weighted by molar-refractivity contribution is 8.16. The second-order valence-corrected chi connectivity index (χ2v) is 9.37. The van der Waals surface area contributed by atoms with Crippen molar-refractivity contribution in [1.29, 1.82) is 0 Å². The van der Waals surface area contributed by atoms with Crippen LogP contribution in [0.3, 0.4) is 0 Å². The zero-order valence-corrected chi connectivity index (χ0v) is 19.4. The van der Waals surface area contributed by atoms with E-state index >= 15 is 0 Å². The van der Waals surface area contributed by atoms with E-state index in [0.717, 1.165) is 47.9 Å². The molecule has 1 atom stereocenters. The van der Waals surface area contributed by atoms with Gasteiger partial charge in [-0.3, -0.25) is 4.79 Å². The molecule has 1 saturated heterocycles.